The Bertz CT molecular complexity index is 903. The van der Waals surface area contributed by atoms with Crippen molar-refractivity contribution in [3.8, 4) is 0 Å². The molecule has 0 spiro atoms. The highest BCUT2D eigenvalue weighted by Crippen LogP contribution is 2.31. The number of amides is 1. The Morgan fingerprint density at radius 3 is 2.62 bits per heavy atom. The van der Waals surface area contributed by atoms with E-state index < -0.39 is 10.6 Å². The molecule has 0 saturated carbocycles. The lowest BCUT2D eigenvalue weighted by Crippen LogP contribution is -2.31. The van der Waals surface area contributed by atoms with Crippen LogP contribution in [-0.4, -0.2) is 25.8 Å². The molecule has 0 saturated heterocycles. The van der Waals surface area contributed by atoms with Crippen molar-refractivity contribution in [2.45, 2.75) is 6.42 Å². The van der Waals surface area contributed by atoms with Crippen molar-refractivity contribution in [3.05, 3.63) is 63.9 Å². The van der Waals surface area contributed by atoms with Crippen molar-refractivity contribution in [2.75, 3.05) is 10.7 Å². The van der Waals surface area contributed by atoms with Crippen molar-refractivity contribution in [1.82, 2.24) is 20.4 Å². The zero-order chi connectivity index (χ0) is 18.4. The van der Waals surface area contributed by atoms with Crippen LogP contribution in [0.15, 0.2) is 48.2 Å². The van der Waals surface area contributed by atoms with Gasteiger partial charge in [0, 0.05) is 11.6 Å². The molecular weight excluding hydrogens is 358 g/mol. The Balaban J connectivity index is 1.72. The molecule has 0 aliphatic heterocycles. The number of nitrogens with zero attached hydrogens (tertiary/aromatic N) is 4. The van der Waals surface area contributed by atoms with Gasteiger partial charge in [-0.1, -0.05) is 30.3 Å². The molecule has 0 aliphatic rings. The highest BCUT2D eigenvalue weighted by atomic mass is 32.1. The van der Waals surface area contributed by atoms with Gasteiger partial charge < -0.3 is 5.32 Å². The summed E-state index contributed by atoms with van der Waals surface area (Å²) < 4.78 is 0. The van der Waals surface area contributed by atoms with Crippen molar-refractivity contribution < 1.29 is 9.72 Å². The van der Waals surface area contributed by atoms with Gasteiger partial charge >= 0.3 is 5.69 Å². The van der Waals surface area contributed by atoms with Crippen LogP contribution in [0, 0.1) is 10.1 Å². The molecule has 1 amide bonds. The van der Waals surface area contributed by atoms with E-state index in [1.807, 2.05) is 30.3 Å². The smallest absolute Gasteiger partial charge is 0.310 e. The van der Waals surface area contributed by atoms with Crippen LogP contribution in [0.5, 0.6) is 0 Å². The lowest BCUT2D eigenvalue weighted by molar-refractivity contribution is -0.383. The molecule has 2 heterocycles. The van der Waals surface area contributed by atoms with Gasteiger partial charge in [-0.3, -0.25) is 25.8 Å². The molecule has 3 rings (SSSR count). The van der Waals surface area contributed by atoms with Crippen LogP contribution in [0.2, 0.25) is 0 Å². The molecule has 0 unspecified atom stereocenters. The predicted molar refractivity (Wildman–Crippen MR) is 96.0 cm³/mol. The maximum atomic E-state index is 12.0. The number of carbonyl (C=O) groups excluding carboxylic acids is 1. The van der Waals surface area contributed by atoms with Gasteiger partial charge in [0.2, 0.25) is 17.5 Å². The normalized spacial score (nSPS) is 10.2. The molecule has 1 aromatic carbocycles. The monoisotopic (exact) mass is 371 g/mol. The van der Waals surface area contributed by atoms with E-state index in [0.717, 1.165) is 11.9 Å². The lowest BCUT2D eigenvalue weighted by Gasteiger charge is -2.10. The van der Waals surface area contributed by atoms with Gasteiger partial charge in [0.05, 0.1) is 11.3 Å². The second-order valence-electron chi connectivity index (χ2n) is 4.97. The maximum absolute atomic E-state index is 12.0. The van der Waals surface area contributed by atoms with Gasteiger partial charge in [-0.25, -0.2) is 15.0 Å². The largest absolute Gasteiger partial charge is 0.355 e. The topological polar surface area (TPSA) is 135 Å². The first-order chi connectivity index (χ1) is 12.6. The van der Waals surface area contributed by atoms with Gasteiger partial charge in [0.15, 0.2) is 5.13 Å². The highest BCUT2D eigenvalue weighted by Gasteiger charge is 2.24. The quantitative estimate of drug-likeness (QED) is 0.425. The fourth-order valence-electron chi connectivity index (χ4n) is 2.08. The summed E-state index contributed by atoms with van der Waals surface area (Å²) in [5.74, 6) is -0.524. The molecule has 2 aromatic heterocycles. The fraction of sp³-hybridized carbons (Fsp3) is 0.0667. The third-order valence-corrected chi connectivity index (χ3v) is 3.88. The first-order valence-electron chi connectivity index (χ1n) is 7.38. The van der Waals surface area contributed by atoms with Crippen LogP contribution in [0.3, 0.4) is 0 Å². The van der Waals surface area contributed by atoms with E-state index in [0.29, 0.717) is 5.13 Å². The summed E-state index contributed by atoms with van der Waals surface area (Å²) in [6.45, 7) is 0. The Hall–Kier alpha value is -3.60. The van der Waals surface area contributed by atoms with Crippen molar-refractivity contribution in [1.29, 1.82) is 0 Å². The summed E-state index contributed by atoms with van der Waals surface area (Å²) in [6, 6.07) is 9.11. The van der Waals surface area contributed by atoms with E-state index in [1.165, 1.54) is 11.3 Å². The second-order valence-corrected chi connectivity index (χ2v) is 5.87. The van der Waals surface area contributed by atoms with Crippen LogP contribution in [0.1, 0.15) is 5.56 Å². The number of hydrogen-bond acceptors (Lipinski definition) is 9. The predicted octanol–water partition coefficient (Wildman–Crippen LogP) is 2.27. The summed E-state index contributed by atoms with van der Waals surface area (Å²) in [5, 5.41) is 16.4. The summed E-state index contributed by atoms with van der Waals surface area (Å²) in [5.41, 5.74) is 5.30. The molecular formula is C15H13N7O3S. The van der Waals surface area contributed by atoms with E-state index in [2.05, 4.69) is 31.1 Å². The average molecular weight is 371 g/mol. The van der Waals surface area contributed by atoms with Crippen molar-refractivity contribution in [2.24, 2.45) is 0 Å². The first-order valence-corrected chi connectivity index (χ1v) is 8.26. The SMILES string of the molecule is O=C(Cc1ccccc1)NNc1ncnc(Nc2nccs2)c1[N+](=O)[O-]. The summed E-state index contributed by atoms with van der Waals surface area (Å²) >= 11 is 1.27. The third kappa shape index (κ3) is 4.27. The van der Waals surface area contributed by atoms with Crippen LogP contribution >= 0.6 is 11.3 Å². The minimum absolute atomic E-state index is 0.0280. The second kappa shape index (κ2) is 7.98. The number of thiazole rings is 1. The molecule has 3 N–H and O–H groups in total. The van der Waals surface area contributed by atoms with E-state index in [4.69, 9.17) is 0 Å². The minimum Gasteiger partial charge on any atom is -0.310 e. The number of carbonyl (C=O) groups is 1. The molecule has 0 aliphatic carbocycles. The Kier molecular flexibility index (Phi) is 5.29. The number of benzene rings is 1. The molecule has 0 atom stereocenters. The number of anilines is 3. The third-order valence-electron chi connectivity index (χ3n) is 3.19. The number of aromatic nitrogens is 3. The zero-order valence-corrected chi connectivity index (χ0v) is 14.1. The highest BCUT2D eigenvalue weighted by molar-refractivity contribution is 7.13. The van der Waals surface area contributed by atoms with Crippen LogP contribution in [-0.2, 0) is 11.2 Å². The zero-order valence-electron chi connectivity index (χ0n) is 13.2. The van der Waals surface area contributed by atoms with E-state index in [1.54, 1.807) is 11.6 Å². The number of nitro groups is 1. The van der Waals surface area contributed by atoms with Crippen molar-refractivity contribution in [3.63, 3.8) is 0 Å². The summed E-state index contributed by atoms with van der Waals surface area (Å²) in [4.78, 5) is 34.5. The van der Waals surface area contributed by atoms with Gasteiger partial charge in [-0.05, 0) is 5.56 Å². The van der Waals surface area contributed by atoms with Gasteiger partial charge in [-0.2, -0.15) is 0 Å². The molecule has 11 heteroatoms. The number of nitrogens with one attached hydrogen (secondary N) is 3. The molecule has 0 bridgehead atoms. The van der Waals surface area contributed by atoms with Gasteiger partial charge in [-0.15, -0.1) is 11.3 Å². The minimum atomic E-state index is -0.637. The fourth-order valence-corrected chi connectivity index (χ4v) is 2.60. The molecule has 0 fully saturated rings. The van der Waals surface area contributed by atoms with E-state index in [9.17, 15) is 14.9 Å². The Morgan fingerprint density at radius 1 is 1.15 bits per heavy atom. The van der Waals surface area contributed by atoms with Gasteiger partial charge in [0.25, 0.3) is 0 Å². The summed E-state index contributed by atoms with van der Waals surface area (Å²) in [6.07, 6.45) is 2.83. The van der Waals surface area contributed by atoms with E-state index in [-0.39, 0.29) is 24.0 Å². The number of hydrazine groups is 1. The van der Waals surface area contributed by atoms with Crippen LogP contribution in [0.4, 0.5) is 22.5 Å². The Morgan fingerprint density at radius 2 is 1.92 bits per heavy atom. The molecule has 26 heavy (non-hydrogen) atoms. The van der Waals surface area contributed by atoms with E-state index >= 15 is 0 Å². The van der Waals surface area contributed by atoms with Crippen LogP contribution < -0.4 is 16.2 Å². The van der Waals surface area contributed by atoms with Crippen LogP contribution in [0.25, 0.3) is 0 Å². The Labute approximate surface area is 151 Å². The lowest BCUT2D eigenvalue weighted by atomic mass is 10.1. The summed E-state index contributed by atoms with van der Waals surface area (Å²) in [7, 11) is 0. The number of rotatable bonds is 7. The maximum Gasteiger partial charge on any atom is 0.355 e. The standard InChI is InChI=1S/C15H13N7O3S/c23-11(8-10-4-2-1-3-5-10)20-21-14-12(22(24)25)13(17-9-18-14)19-15-16-6-7-26-15/h1-7,9H,8H2,(H,20,23)(H2,16,17,18,19,21). The molecule has 10 nitrogen and oxygen atoms in total. The molecule has 132 valence electrons. The molecule has 0 radical (unpaired) electrons. The van der Waals surface area contributed by atoms with Gasteiger partial charge in [0.1, 0.15) is 6.33 Å². The average Bonchev–Trinajstić information content (AvgIpc) is 3.13. The number of hydrogen-bond donors (Lipinski definition) is 3. The van der Waals surface area contributed by atoms with Crippen molar-refractivity contribution >= 4 is 39.7 Å². The molecule has 3 aromatic rings. The first kappa shape index (κ1) is 17.2.